The lowest BCUT2D eigenvalue weighted by Gasteiger charge is -2.14. The lowest BCUT2D eigenvalue weighted by molar-refractivity contribution is 0.102. The molecule has 7 heteroatoms. The smallest absolute Gasteiger partial charge is 0.262 e. The minimum atomic E-state index is -3.88. The largest absolute Gasteiger partial charge is 0.489 e. The topological polar surface area (TPSA) is 84.5 Å². The molecule has 0 aliphatic heterocycles. The maximum absolute atomic E-state index is 13.1. The van der Waals surface area contributed by atoms with Crippen LogP contribution in [0.15, 0.2) is 102 Å². The van der Waals surface area contributed by atoms with Crippen molar-refractivity contribution in [1.82, 2.24) is 0 Å². The third kappa shape index (κ3) is 6.07. The molecule has 0 radical (unpaired) electrons. The Morgan fingerprint density at radius 2 is 1.49 bits per heavy atom. The summed E-state index contributed by atoms with van der Waals surface area (Å²) in [4.78, 5) is 12.9. The number of anilines is 2. The molecule has 2 N–H and O–H groups in total. The quantitative estimate of drug-likeness (QED) is 0.323. The van der Waals surface area contributed by atoms with Crippen LogP contribution in [0.2, 0.25) is 0 Å². The molecule has 0 spiro atoms. The van der Waals surface area contributed by atoms with Crippen LogP contribution in [0.3, 0.4) is 0 Å². The van der Waals surface area contributed by atoms with Crippen molar-refractivity contribution in [2.75, 3.05) is 10.0 Å². The molecule has 0 aliphatic carbocycles. The molecule has 1 amide bonds. The van der Waals surface area contributed by atoms with E-state index in [2.05, 4.69) is 10.0 Å². The molecule has 0 unspecified atom stereocenters. The number of aryl methyl sites for hydroxylation is 2. The number of carbonyl (C=O) groups is 1. The monoisotopic (exact) mass is 486 g/mol. The highest BCUT2D eigenvalue weighted by molar-refractivity contribution is 7.92. The second-order valence-electron chi connectivity index (χ2n) is 8.15. The summed E-state index contributed by atoms with van der Waals surface area (Å²) in [7, 11) is -3.88. The van der Waals surface area contributed by atoms with Crippen molar-refractivity contribution < 1.29 is 17.9 Å². The van der Waals surface area contributed by atoms with Crippen LogP contribution in [0.4, 0.5) is 11.4 Å². The number of nitrogens with one attached hydrogen (secondary N) is 2. The lowest BCUT2D eigenvalue weighted by Crippen LogP contribution is -2.17. The van der Waals surface area contributed by atoms with E-state index < -0.39 is 15.9 Å². The van der Waals surface area contributed by atoms with Crippen molar-refractivity contribution in [3.05, 3.63) is 119 Å². The maximum Gasteiger partial charge on any atom is 0.262 e. The van der Waals surface area contributed by atoms with Crippen LogP contribution in [0.25, 0.3) is 0 Å². The van der Waals surface area contributed by atoms with Crippen LogP contribution in [0.5, 0.6) is 5.75 Å². The van der Waals surface area contributed by atoms with Gasteiger partial charge in [0, 0.05) is 11.3 Å². The van der Waals surface area contributed by atoms with Crippen molar-refractivity contribution >= 4 is 27.3 Å². The molecule has 6 nitrogen and oxygen atoms in total. The Balaban J connectivity index is 1.45. The first-order chi connectivity index (χ1) is 16.8. The Hall–Kier alpha value is -4.10. The molecule has 0 fully saturated rings. The van der Waals surface area contributed by atoms with Crippen LogP contribution >= 0.6 is 0 Å². The predicted octanol–water partition coefficient (Wildman–Crippen LogP) is 5.94. The van der Waals surface area contributed by atoms with Gasteiger partial charge in [0.15, 0.2) is 0 Å². The molecule has 0 atom stereocenters. The van der Waals surface area contributed by atoms with Crippen LogP contribution in [0.1, 0.15) is 27.0 Å². The van der Waals surface area contributed by atoms with Gasteiger partial charge in [-0.1, -0.05) is 54.6 Å². The first-order valence-electron chi connectivity index (χ1n) is 11.1. The molecule has 0 saturated carbocycles. The molecular formula is C28H26N2O4S. The normalized spacial score (nSPS) is 11.0. The van der Waals surface area contributed by atoms with Gasteiger partial charge in [-0.05, 0) is 73.0 Å². The first kappa shape index (κ1) is 24.0. The van der Waals surface area contributed by atoms with Gasteiger partial charge >= 0.3 is 0 Å². The summed E-state index contributed by atoms with van der Waals surface area (Å²) in [6.45, 7) is 3.97. The SMILES string of the molecule is Cc1ccccc1NS(=O)(=O)c1cc(C(=O)Nc2ccc(OCc3ccccc3)cc2)ccc1C. The molecule has 0 heterocycles. The zero-order valence-electron chi connectivity index (χ0n) is 19.5. The van der Waals surface area contributed by atoms with Gasteiger partial charge in [0.05, 0.1) is 10.6 Å². The van der Waals surface area contributed by atoms with E-state index in [9.17, 15) is 13.2 Å². The molecule has 0 aliphatic rings. The Bertz CT molecular complexity index is 1430. The van der Waals surface area contributed by atoms with Crippen molar-refractivity contribution in [2.24, 2.45) is 0 Å². The number of hydrogen-bond acceptors (Lipinski definition) is 4. The number of ether oxygens (including phenoxy) is 1. The van der Waals surface area contributed by atoms with Gasteiger partial charge in [0.1, 0.15) is 12.4 Å². The average Bonchev–Trinajstić information content (AvgIpc) is 2.85. The highest BCUT2D eigenvalue weighted by Gasteiger charge is 2.20. The summed E-state index contributed by atoms with van der Waals surface area (Å²) in [5.41, 5.74) is 3.72. The van der Waals surface area contributed by atoms with Gasteiger partial charge in [-0.15, -0.1) is 0 Å². The van der Waals surface area contributed by atoms with Gasteiger partial charge in [-0.25, -0.2) is 8.42 Å². The first-order valence-corrected chi connectivity index (χ1v) is 12.6. The van der Waals surface area contributed by atoms with Crippen molar-refractivity contribution in [1.29, 1.82) is 0 Å². The molecule has 0 bridgehead atoms. The number of para-hydroxylation sites is 1. The molecule has 4 aromatic rings. The van der Waals surface area contributed by atoms with E-state index in [1.807, 2.05) is 49.4 Å². The second kappa shape index (κ2) is 10.4. The molecule has 0 aromatic heterocycles. The molecule has 35 heavy (non-hydrogen) atoms. The number of rotatable bonds is 8. The van der Waals surface area contributed by atoms with Crippen molar-refractivity contribution in [2.45, 2.75) is 25.3 Å². The van der Waals surface area contributed by atoms with Crippen molar-refractivity contribution in [3.63, 3.8) is 0 Å². The second-order valence-corrected chi connectivity index (χ2v) is 9.80. The molecule has 0 saturated heterocycles. The molecule has 4 aromatic carbocycles. The van der Waals surface area contributed by atoms with E-state index in [-0.39, 0.29) is 10.5 Å². The third-order valence-corrected chi connectivity index (χ3v) is 7.00. The van der Waals surface area contributed by atoms with Crippen molar-refractivity contribution in [3.8, 4) is 5.75 Å². The number of benzene rings is 4. The van der Waals surface area contributed by atoms with Crippen LogP contribution in [-0.4, -0.2) is 14.3 Å². The van der Waals surface area contributed by atoms with E-state index in [4.69, 9.17) is 4.74 Å². The van der Waals surface area contributed by atoms with E-state index in [0.717, 1.165) is 11.1 Å². The standard InChI is InChI=1S/C28H26N2O4S/c1-20-8-6-7-11-26(20)30-35(32,33)27-18-23(13-12-21(27)2)28(31)29-24-14-16-25(17-15-24)34-19-22-9-4-3-5-10-22/h3-18,30H,19H2,1-2H3,(H,29,31). The summed E-state index contributed by atoms with van der Waals surface area (Å²) in [6, 6.07) is 28.6. The number of amides is 1. The number of carbonyl (C=O) groups excluding carboxylic acids is 1. The Morgan fingerprint density at radius 3 is 2.20 bits per heavy atom. The summed E-state index contributed by atoms with van der Waals surface area (Å²) in [6.07, 6.45) is 0. The number of hydrogen-bond donors (Lipinski definition) is 2. The van der Waals surface area contributed by atoms with Gasteiger partial charge in [0.2, 0.25) is 0 Å². The highest BCUT2D eigenvalue weighted by atomic mass is 32.2. The Morgan fingerprint density at radius 1 is 0.800 bits per heavy atom. The predicted molar refractivity (Wildman–Crippen MR) is 138 cm³/mol. The van der Waals surface area contributed by atoms with E-state index in [0.29, 0.717) is 29.3 Å². The van der Waals surface area contributed by atoms with Gasteiger partial charge in [-0.2, -0.15) is 0 Å². The third-order valence-electron chi connectivity index (χ3n) is 5.49. The zero-order valence-corrected chi connectivity index (χ0v) is 20.3. The van der Waals surface area contributed by atoms with Crippen LogP contribution in [-0.2, 0) is 16.6 Å². The van der Waals surface area contributed by atoms with E-state index in [1.54, 1.807) is 55.5 Å². The fourth-order valence-corrected chi connectivity index (χ4v) is 4.90. The van der Waals surface area contributed by atoms with Crippen LogP contribution < -0.4 is 14.8 Å². The Kier molecular flexibility index (Phi) is 7.17. The van der Waals surface area contributed by atoms with E-state index >= 15 is 0 Å². The summed E-state index contributed by atoms with van der Waals surface area (Å²) in [5.74, 6) is 0.271. The zero-order chi connectivity index (χ0) is 24.8. The number of sulfonamides is 1. The van der Waals surface area contributed by atoms with E-state index in [1.165, 1.54) is 6.07 Å². The summed E-state index contributed by atoms with van der Waals surface area (Å²) >= 11 is 0. The van der Waals surface area contributed by atoms with Gasteiger partial charge < -0.3 is 10.1 Å². The van der Waals surface area contributed by atoms with Crippen LogP contribution in [0, 0.1) is 13.8 Å². The minimum absolute atomic E-state index is 0.0538. The summed E-state index contributed by atoms with van der Waals surface area (Å²) < 4.78 is 34.5. The maximum atomic E-state index is 13.1. The Labute approximate surface area is 205 Å². The molecular weight excluding hydrogens is 460 g/mol. The fourth-order valence-electron chi connectivity index (χ4n) is 3.50. The lowest BCUT2D eigenvalue weighted by atomic mass is 10.1. The molecule has 4 rings (SSSR count). The fraction of sp³-hybridized carbons (Fsp3) is 0.107. The van der Waals surface area contributed by atoms with Gasteiger partial charge in [0.25, 0.3) is 15.9 Å². The molecule has 178 valence electrons. The average molecular weight is 487 g/mol. The summed E-state index contributed by atoms with van der Waals surface area (Å²) in [5, 5.41) is 2.81. The minimum Gasteiger partial charge on any atom is -0.489 e. The van der Waals surface area contributed by atoms with Gasteiger partial charge in [-0.3, -0.25) is 9.52 Å². The highest BCUT2D eigenvalue weighted by Crippen LogP contribution is 2.24.